The van der Waals surface area contributed by atoms with E-state index in [9.17, 15) is 25.0 Å². The Morgan fingerprint density at radius 1 is 1.11 bits per heavy atom. The lowest BCUT2D eigenvalue weighted by Crippen LogP contribution is -2.24. The summed E-state index contributed by atoms with van der Waals surface area (Å²) in [4.78, 5) is 51.0. The van der Waals surface area contributed by atoms with E-state index in [-0.39, 0.29) is 29.2 Å². The molecule has 3 aromatic rings. The third-order valence-electron chi connectivity index (χ3n) is 5.91. The highest BCUT2D eigenvalue weighted by atomic mass is 16.6. The summed E-state index contributed by atoms with van der Waals surface area (Å²) >= 11 is 0. The summed E-state index contributed by atoms with van der Waals surface area (Å²) in [5, 5.41) is 21.7. The molecule has 0 saturated heterocycles. The second kappa shape index (κ2) is 13.7. The lowest BCUT2D eigenvalue weighted by atomic mass is 10.1. The van der Waals surface area contributed by atoms with E-state index in [1.807, 2.05) is 24.1 Å². The second-order valence-corrected chi connectivity index (χ2v) is 10.5. The number of nitrogens with zero attached hydrogens (tertiary/aromatic N) is 6. The van der Waals surface area contributed by atoms with Crippen molar-refractivity contribution in [2.45, 2.75) is 33.3 Å². The van der Waals surface area contributed by atoms with Gasteiger partial charge in [0.05, 0.1) is 29.7 Å². The van der Waals surface area contributed by atoms with Crippen molar-refractivity contribution in [1.29, 1.82) is 5.26 Å². The number of hydrogen-bond acceptors (Lipinski definition) is 14. The normalized spacial score (nSPS) is 12.5. The fourth-order valence-corrected chi connectivity index (χ4v) is 4.03. The molecule has 234 valence electrons. The Morgan fingerprint density at radius 3 is 2.51 bits per heavy atom. The summed E-state index contributed by atoms with van der Waals surface area (Å²) in [6.45, 7) is 7.29. The van der Waals surface area contributed by atoms with E-state index >= 15 is 0 Å². The quantitative estimate of drug-likeness (QED) is 0.167. The number of hydrogen-bond donors (Lipinski definition) is 0. The van der Waals surface area contributed by atoms with Crippen molar-refractivity contribution in [3.8, 4) is 35.3 Å². The largest absolute Gasteiger partial charge is 0.463 e. The maximum absolute atomic E-state index is 13.0. The number of carbonyl (C=O) groups excluding carboxylic acids is 2. The van der Waals surface area contributed by atoms with Crippen molar-refractivity contribution < 1.29 is 38.2 Å². The van der Waals surface area contributed by atoms with Crippen LogP contribution in [-0.2, 0) is 14.3 Å². The molecule has 2 aromatic carbocycles. The number of carbonyl (C=O) groups is 2. The molecule has 0 spiro atoms. The lowest BCUT2D eigenvalue weighted by Gasteiger charge is -2.20. The van der Waals surface area contributed by atoms with Crippen LogP contribution in [0.1, 0.15) is 49.2 Å². The highest BCUT2D eigenvalue weighted by Gasteiger charge is 2.32. The minimum atomic E-state index is -0.883. The lowest BCUT2D eigenvalue weighted by molar-refractivity contribution is -0.387. The van der Waals surface area contributed by atoms with E-state index in [1.165, 1.54) is 18.2 Å². The fraction of sp³-hybridized carbons (Fsp3) is 0.333. The zero-order valence-electron chi connectivity index (χ0n) is 25.2. The molecule has 15 nitrogen and oxygen atoms in total. The van der Waals surface area contributed by atoms with E-state index in [0.29, 0.717) is 6.54 Å². The molecule has 0 fully saturated rings. The molecule has 1 aliphatic rings. The minimum absolute atomic E-state index is 0.0519. The molecule has 4 rings (SSSR count). The van der Waals surface area contributed by atoms with Gasteiger partial charge in [0.2, 0.25) is 0 Å². The van der Waals surface area contributed by atoms with E-state index in [0.717, 1.165) is 17.9 Å². The predicted octanol–water partition coefficient (Wildman–Crippen LogP) is 4.43. The number of aromatic nitrogens is 2. The van der Waals surface area contributed by atoms with Crippen molar-refractivity contribution in [3.63, 3.8) is 0 Å². The maximum atomic E-state index is 13.0. The van der Waals surface area contributed by atoms with Crippen LogP contribution < -0.4 is 14.2 Å². The van der Waals surface area contributed by atoms with Crippen molar-refractivity contribution in [1.82, 2.24) is 14.9 Å². The van der Waals surface area contributed by atoms with Gasteiger partial charge in [0, 0.05) is 19.2 Å². The highest BCUT2D eigenvalue weighted by Crippen LogP contribution is 2.40. The number of benzene rings is 2. The molecule has 1 aliphatic heterocycles. The second-order valence-electron chi connectivity index (χ2n) is 10.5. The third-order valence-corrected chi connectivity index (χ3v) is 5.91. The molecule has 0 N–H and O–H groups in total. The first-order valence-electron chi connectivity index (χ1n) is 13.7. The highest BCUT2D eigenvalue weighted by molar-refractivity contribution is 6.00. The summed E-state index contributed by atoms with van der Waals surface area (Å²) in [7, 11) is 1.91. The summed E-state index contributed by atoms with van der Waals surface area (Å²) in [5.74, 6) is -2.24. The van der Waals surface area contributed by atoms with Crippen LogP contribution in [0.5, 0.6) is 29.3 Å². The van der Waals surface area contributed by atoms with Gasteiger partial charge in [-0.25, -0.2) is 9.59 Å². The minimum Gasteiger partial charge on any atom is -0.463 e. The van der Waals surface area contributed by atoms with Crippen LogP contribution in [0, 0.1) is 21.4 Å². The first-order valence-corrected chi connectivity index (χ1v) is 13.7. The van der Waals surface area contributed by atoms with Crippen LogP contribution in [0.4, 0.5) is 5.69 Å². The van der Waals surface area contributed by atoms with Gasteiger partial charge in [-0.05, 0) is 58.0 Å². The number of rotatable bonds is 11. The molecular formula is C30H30N6O9. The van der Waals surface area contributed by atoms with Gasteiger partial charge in [-0.15, -0.1) is 0 Å². The Bertz CT molecular complexity index is 1690. The van der Waals surface area contributed by atoms with Gasteiger partial charge in [-0.1, -0.05) is 12.1 Å². The molecule has 0 aliphatic carbocycles. The molecule has 0 radical (unpaired) electrons. The number of esters is 2. The molecule has 0 unspecified atom stereocenters. The number of amidine groups is 1. The van der Waals surface area contributed by atoms with Crippen LogP contribution in [-0.4, -0.2) is 76.5 Å². The Hall–Kier alpha value is -5.78. The van der Waals surface area contributed by atoms with Crippen molar-refractivity contribution in [3.05, 3.63) is 69.3 Å². The molecule has 2 heterocycles. The van der Waals surface area contributed by atoms with E-state index in [1.54, 1.807) is 45.9 Å². The summed E-state index contributed by atoms with van der Waals surface area (Å²) < 4.78 is 27.4. The van der Waals surface area contributed by atoms with Crippen molar-refractivity contribution >= 4 is 23.5 Å². The van der Waals surface area contributed by atoms with Crippen LogP contribution in [0.25, 0.3) is 0 Å². The van der Waals surface area contributed by atoms with Gasteiger partial charge < -0.3 is 28.6 Å². The Labute approximate surface area is 258 Å². The van der Waals surface area contributed by atoms with Gasteiger partial charge in [0.25, 0.3) is 0 Å². The molecule has 0 amide bonds. The predicted molar refractivity (Wildman–Crippen MR) is 158 cm³/mol. The molecule has 0 saturated carbocycles. The van der Waals surface area contributed by atoms with E-state index in [2.05, 4.69) is 15.0 Å². The monoisotopic (exact) mass is 618 g/mol. The smallest absolute Gasteiger partial charge is 0.392 e. The van der Waals surface area contributed by atoms with Crippen LogP contribution in [0.3, 0.4) is 0 Å². The molecule has 0 atom stereocenters. The summed E-state index contributed by atoms with van der Waals surface area (Å²) in [5.41, 5.74) is -1.06. The number of nitriles is 1. The number of ether oxygens (including phenoxy) is 5. The van der Waals surface area contributed by atoms with Gasteiger partial charge >= 0.3 is 35.4 Å². The SMILES string of the molecule is CCOC(=O)COc1nc(Oc2cccc(C3=NCCN3C)c2)nc(Oc2cc(C#N)ccc2C(=O)OC(C)(C)C)c1[N+](=O)[O-]. The van der Waals surface area contributed by atoms with Crippen molar-refractivity contribution in [2.24, 2.45) is 4.99 Å². The van der Waals surface area contributed by atoms with Gasteiger partial charge in [-0.3, -0.25) is 15.1 Å². The average Bonchev–Trinajstić information content (AvgIpc) is 3.40. The van der Waals surface area contributed by atoms with Gasteiger partial charge in [-0.2, -0.15) is 15.2 Å². The topological polar surface area (TPSA) is 189 Å². The van der Waals surface area contributed by atoms with Crippen LogP contribution >= 0.6 is 0 Å². The average molecular weight is 619 g/mol. The molecule has 0 bridgehead atoms. The van der Waals surface area contributed by atoms with Crippen LogP contribution in [0.15, 0.2) is 47.5 Å². The number of likely N-dealkylation sites (N-methyl/N-ethyl adjacent to an activating group) is 1. The maximum Gasteiger partial charge on any atom is 0.392 e. The van der Waals surface area contributed by atoms with Crippen molar-refractivity contribution in [2.75, 3.05) is 33.4 Å². The summed E-state index contributed by atoms with van der Waals surface area (Å²) in [6, 6.07) is 12.2. The zero-order valence-corrected chi connectivity index (χ0v) is 25.2. The molecule has 1 aromatic heterocycles. The Balaban J connectivity index is 1.80. The van der Waals surface area contributed by atoms with Crippen LogP contribution in [0.2, 0.25) is 0 Å². The number of aliphatic imine (C=N–C) groups is 1. The third kappa shape index (κ3) is 8.20. The molecule has 45 heavy (non-hydrogen) atoms. The summed E-state index contributed by atoms with van der Waals surface area (Å²) in [6.07, 6.45) is 0. The molecular weight excluding hydrogens is 588 g/mol. The first kappa shape index (κ1) is 32.1. The molecule has 15 heteroatoms. The fourth-order valence-electron chi connectivity index (χ4n) is 4.03. The standard InChI is InChI=1S/C30H30N6O9/c1-6-41-23(37)17-42-26-24(36(39)40)27(44-22-14-18(16-31)10-11-21(22)28(38)45-30(2,3)4)34-29(33-26)43-20-9-7-8-19(15-20)25-32-12-13-35(25)5/h7-11,14-15H,6,12-13,17H2,1-5H3. The Morgan fingerprint density at radius 2 is 1.87 bits per heavy atom. The first-order chi connectivity index (χ1) is 21.4. The zero-order chi connectivity index (χ0) is 32.7. The Kier molecular flexibility index (Phi) is 9.77. The van der Waals surface area contributed by atoms with Gasteiger partial charge in [0.1, 0.15) is 28.5 Å². The van der Waals surface area contributed by atoms with Gasteiger partial charge in [0.15, 0.2) is 6.61 Å². The van der Waals surface area contributed by atoms with E-state index < -0.39 is 52.5 Å². The van der Waals surface area contributed by atoms with E-state index in [4.69, 9.17) is 23.7 Å². The number of nitro groups is 1.